The van der Waals surface area contributed by atoms with Crippen molar-refractivity contribution in [2.45, 2.75) is 19.3 Å². The maximum absolute atomic E-state index is 2.49. The van der Waals surface area contributed by atoms with Crippen LogP contribution in [0.1, 0.15) is 25.0 Å². The van der Waals surface area contributed by atoms with E-state index in [2.05, 4.69) is 313 Å². The van der Waals surface area contributed by atoms with Gasteiger partial charge in [0.15, 0.2) is 0 Å². The van der Waals surface area contributed by atoms with Gasteiger partial charge in [-0.15, -0.1) is 0 Å². The number of hydrogen-bond donors (Lipinski definition) is 0. The average molecular weight is 1020 g/mol. The summed E-state index contributed by atoms with van der Waals surface area (Å²) in [5.74, 6) is 0. The number of rotatable bonds is 8. The van der Waals surface area contributed by atoms with Crippen LogP contribution in [0.25, 0.3) is 121 Å². The zero-order valence-corrected chi connectivity index (χ0v) is 44.5. The molecule has 3 heteroatoms. The van der Waals surface area contributed by atoms with Crippen LogP contribution in [0.3, 0.4) is 0 Å². The molecule has 16 rings (SSSR count). The summed E-state index contributed by atoms with van der Waals surface area (Å²) in [6.07, 6.45) is 0. The lowest BCUT2D eigenvalue weighted by Gasteiger charge is -2.28. The van der Waals surface area contributed by atoms with Crippen LogP contribution in [0.15, 0.2) is 285 Å². The lowest BCUT2D eigenvalue weighted by Crippen LogP contribution is -2.16. The maximum Gasteiger partial charge on any atom is 0.0620 e. The molecule has 13 aromatic carbocycles. The first-order valence-corrected chi connectivity index (χ1v) is 27.8. The minimum Gasteiger partial charge on any atom is -0.310 e. The Hall–Kier alpha value is -10.2. The Bertz CT molecular complexity index is 4950. The van der Waals surface area contributed by atoms with Crippen molar-refractivity contribution in [2.24, 2.45) is 0 Å². The molecular weight excluding hydrogens is 967 g/mol. The number of nitrogens with zero attached hydrogens (tertiary/aromatic N) is 3. The molecule has 376 valence electrons. The van der Waals surface area contributed by atoms with Crippen LogP contribution in [-0.2, 0) is 5.41 Å². The van der Waals surface area contributed by atoms with Crippen LogP contribution in [0, 0.1) is 0 Å². The predicted octanol–water partition coefficient (Wildman–Crippen LogP) is 21.0. The largest absolute Gasteiger partial charge is 0.310 e. The zero-order chi connectivity index (χ0) is 53.1. The van der Waals surface area contributed by atoms with E-state index in [1.54, 1.807) is 0 Å². The summed E-state index contributed by atoms with van der Waals surface area (Å²) in [6.45, 7) is 4.74. The van der Waals surface area contributed by atoms with Crippen molar-refractivity contribution < 1.29 is 0 Å². The SMILES string of the molecule is CC1(C)c2ccccc2-c2ccc(N(c3ccc4c(ccc5cc(-c6cccc7c6ccc6c(-c8ccccc8)c(-c8ccccc8)n(-c8ccccc8)c67)ccc54)c3)c3ccc4c(c3)c3ccccc3n4-c3ccccc3)cc21. The Kier molecular flexibility index (Phi) is 10.3. The van der Waals surface area contributed by atoms with E-state index in [4.69, 9.17) is 0 Å². The fourth-order valence-corrected chi connectivity index (χ4v) is 13.6. The second-order valence-corrected chi connectivity index (χ2v) is 22.0. The topological polar surface area (TPSA) is 13.1 Å². The molecule has 0 spiro atoms. The Balaban J connectivity index is 0.844. The van der Waals surface area contributed by atoms with E-state index in [0.717, 1.165) is 28.4 Å². The van der Waals surface area contributed by atoms with E-state index in [0.29, 0.717) is 0 Å². The van der Waals surface area contributed by atoms with Crippen molar-refractivity contribution in [3.8, 4) is 56.0 Å². The van der Waals surface area contributed by atoms with Gasteiger partial charge < -0.3 is 14.0 Å². The second-order valence-electron chi connectivity index (χ2n) is 22.0. The lowest BCUT2D eigenvalue weighted by molar-refractivity contribution is 0.660. The first-order valence-electron chi connectivity index (χ1n) is 27.8. The standard InChI is InChI=1S/C77H53N3/c1-77(2)70-32-17-15-28-64(70)65-42-38-59(49-71(65)77)78(58-39-45-73-69(48-58)66-29-16-18-33-72(66)79(73)55-24-11-5-12-25-55)57-37-41-62-54(47-57)35-34-52-46-53(36-40-61(52)62)60-30-19-31-67-63(60)43-44-68-74(50-20-7-3-8-21-50)75(51-22-9-4-10-23-51)80(76(67)68)56-26-13-6-14-27-56/h3-49H,1-2H3. The third-order valence-electron chi connectivity index (χ3n) is 17.3. The highest BCUT2D eigenvalue weighted by molar-refractivity contribution is 6.19. The van der Waals surface area contributed by atoms with Gasteiger partial charge in [0.1, 0.15) is 0 Å². The molecule has 0 radical (unpaired) electrons. The molecule has 0 aliphatic heterocycles. The van der Waals surface area contributed by atoms with E-state index >= 15 is 0 Å². The number of anilines is 3. The monoisotopic (exact) mass is 1020 g/mol. The second kappa shape index (κ2) is 17.9. The van der Waals surface area contributed by atoms with Gasteiger partial charge in [-0.3, -0.25) is 0 Å². The molecule has 0 bridgehead atoms. The van der Waals surface area contributed by atoms with Gasteiger partial charge >= 0.3 is 0 Å². The molecule has 3 nitrogen and oxygen atoms in total. The Morgan fingerprint density at radius 1 is 0.300 bits per heavy atom. The zero-order valence-electron chi connectivity index (χ0n) is 44.5. The third kappa shape index (κ3) is 7.00. The van der Waals surface area contributed by atoms with Crippen molar-refractivity contribution in [1.82, 2.24) is 9.13 Å². The molecule has 0 amide bonds. The van der Waals surface area contributed by atoms with Crippen LogP contribution >= 0.6 is 0 Å². The summed E-state index contributed by atoms with van der Waals surface area (Å²) in [6, 6.07) is 105. The van der Waals surface area contributed by atoms with Gasteiger partial charge in [0, 0.05) is 61.0 Å². The quantitative estimate of drug-likeness (QED) is 0.138. The molecule has 0 fully saturated rings. The Labute approximate surface area is 465 Å². The van der Waals surface area contributed by atoms with Crippen molar-refractivity contribution in [3.63, 3.8) is 0 Å². The number of benzene rings is 13. The third-order valence-corrected chi connectivity index (χ3v) is 17.3. The highest BCUT2D eigenvalue weighted by Crippen LogP contribution is 2.52. The predicted molar refractivity (Wildman–Crippen MR) is 339 cm³/mol. The number of hydrogen-bond acceptors (Lipinski definition) is 1. The summed E-state index contributed by atoms with van der Waals surface area (Å²) in [7, 11) is 0. The summed E-state index contributed by atoms with van der Waals surface area (Å²) in [5.41, 5.74) is 21.7. The maximum atomic E-state index is 2.49. The molecule has 2 aromatic heterocycles. The van der Waals surface area contributed by atoms with Crippen molar-refractivity contribution >= 4 is 82.1 Å². The molecule has 2 heterocycles. The van der Waals surface area contributed by atoms with Crippen LogP contribution in [-0.4, -0.2) is 9.13 Å². The van der Waals surface area contributed by atoms with Gasteiger partial charge in [0.25, 0.3) is 0 Å². The Morgan fingerprint density at radius 3 is 1.61 bits per heavy atom. The molecule has 0 saturated carbocycles. The first-order chi connectivity index (χ1) is 39.5. The van der Waals surface area contributed by atoms with Gasteiger partial charge in [0.05, 0.1) is 22.2 Å². The number of aromatic nitrogens is 2. The first kappa shape index (κ1) is 45.9. The number of fused-ring (bicyclic) bond motifs is 12. The fraction of sp³-hybridized carbons (Fsp3) is 0.0390. The number of para-hydroxylation sites is 3. The summed E-state index contributed by atoms with van der Waals surface area (Å²) < 4.78 is 4.89. The molecule has 1 aliphatic rings. The highest BCUT2D eigenvalue weighted by atomic mass is 15.1. The summed E-state index contributed by atoms with van der Waals surface area (Å²) in [4.78, 5) is 2.47. The van der Waals surface area contributed by atoms with E-state index in [9.17, 15) is 0 Å². The van der Waals surface area contributed by atoms with E-state index in [-0.39, 0.29) is 5.41 Å². The van der Waals surface area contributed by atoms with Crippen LogP contribution < -0.4 is 4.90 Å². The van der Waals surface area contributed by atoms with Crippen molar-refractivity contribution in [2.75, 3.05) is 4.90 Å². The molecular formula is C77H53N3. The van der Waals surface area contributed by atoms with E-state index in [1.165, 1.54) is 121 Å². The van der Waals surface area contributed by atoms with Crippen molar-refractivity contribution in [1.29, 1.82) is 0 Å². The smallest absolute Gasteiger partial charge is 0.0620 e. The van der Waals surface area contributed by atoms with Gasteiger partial charge in [-0.1, -0.05) is 220 Å². The Morgan fingerprint density at radius 2 is 0.838 bits per heavy atom. The van der Waals surface area contributed by atoms with Gasteiger partial charge in [-0.05, 0) is 150 Å². The molecule has 0 unspecified atom stereocenters. The van der Waals surface area contributed by atoms with Crippen LogP contribution in [0.2, 0.25) is 0 Å². The van der Waals surface area contributed by atoms with E-state index in [1.807, 2.05) is 0 Å². The molecule has 15 aromatic rings. The normalized spacial score (nSPS) is 12.7. The fourth-order valence-electron chi connectivity index (χ4n) is 13.6. The van der Waals surface area contributed by atoms with Gasteiger partial charge in [0.2, 0.25) is 0 Å². The molecule has 0 atom stereocenters. The van der Waals surface area contributed by atoms with Gasteiger partial charge in [-0.2, -0.15) is 0 Å². The molecule has 1 aliphatic carbocycles. The molecule has 80 heavy (non-hydrogen) atoms. The molecule has 0 N–H and O–H groups in total. The van der Waals surface area contributed by atoms with Crippen LogP contribution in [0.4, 0.5) is 17.1 Å². The minimum atomic E-state index is -0.147. The average Bonchev–Trinajstić information content (AvgIpc) is 4.34. The highest BCUT2D eigenvalue weighted by Gasteiger charge is 2.36. The van der Waals surface area contributed by atoms with E-state index < -0.39 is 0 Å². The van der Waals surface area contributed by atoms with Crippen molar-refractivity contribution in [3.05, 3.63) is 296 Å². The minimum absolute atomic E-state index is 0.147. The van der Waals surface area contributed by atoms with Crippen LogP contribution in [0.5, 0.6) is 0 Å². The lowest BCUT2D eigenvalue weighted by atomic mass is 9.82. The summed E-state index contributed by atoms with van der Waals surface area (Å²) >= 11 is 0. The van der Waals surface area contributed by atoms with Gasteiger partial charge in [-0.25, -0.2) is 0 Å². The molecule has 0 saturated heterocycles. The summed E-state index contributed by atoms with van der Waals surface area (Å²) in [5, 5.41) is 11.0.